The van der Waals surface area contributed by atoms with Gasteiger partial charge in [0.1, 0.15) is 0 Å². The first-order valence-electron chi connectivity index (χ1n) is 8.55. The van der Waals surface area contributed by atoms with Crippen LogP contribution in [0, 0.1) is 0 Å². The van der Waals surface area contributed by atoms with E-state index in [-0.39, 0.29) is 0 Å². The third-order valence-corrected chi connectivity index (χ3v) is 3.80. The highest BCUT2D eigenvalue weighted by atomic mass is 16.5. The van der Waals surface area contributed by atoms with E-state index in [0.29, 0.717) is 0 Å². The molecule has 0 radical (unpaired) electrons. The quantitative estimate of drug-likeness (QED) is 0.363. The van der Waals surface area contributed by atoms with E-state index in [1.165, 1.54) is 57.8 Å². The number of rotatable bonds is 14. The van der Waals surface area contributed by atoms with E-state index in [1.54, 1.807) is 0 Å². The molecule has 0 aromatic carbocycles. The van der Waals surface area contributed by atoms with Crippen LogP contribution in [0.1, 0.15) is 75.1 Å². The fourth-order valence-corrected chi connectivity index (χ4v) is 2.45. The average Bonchev–Trinajstić information content (AvgIpc) is 2.96. The SMILES string of the molecule is CCCCCCCCCCCOCCn1ccc(C=O)c1. The van der Waals surface area contributed by atoms with E-state index in [2.05, 4.69) is 6.92 Å². The number of carbonyl (C=O) groups excluding carboxylic acids is 1. The molecule has 0 saturated heterocycles. The number of hydrogen-bond acceptors (Lipinski definition) is 2. The van der Waals surface area contributed by atoms with Crippen molar-refractivity contribution >= 4 is 6.29 Å². The van der Waals surface area contributed by atoms with Crippen LogP contribution in [0.4, 0.5) is 0 Å². The third-order valence-electron chi connectivity index (χ3n) is 3.80. The van der Waals surface area contributed by atoms with Crippen LogP contribution in [0.5, 0.6) is 0 Å². The molecule has 0 aliphatic rings. The molecule has 1 aromatic heterocycles. The molecule has 1 rings (SSSR count). The molecule has 0 saturated carbocycles. The first-order valence-corrected chi connectivity index (χ1v) is 8.55. The van der Waals surface area contributed by atoms with Gasteiger partial charge in [0.15, 0.2) is 6.29 Å². The topological polar surface area (TPSA) is 31.2 Å². The Hall–Kier alpha value is -1.09. The summed E-state index contributed by atoms with van der Waals surface area (Å²) >= 11 is 0. The Morgan fingerprint density at radius 1 is 1.00 bits per heavy atom. The molecule has 1 heterocycles. The second kappa shape index (κ2) is 12.6. The molecule has 0 N–H and O–H groups in total. The zero-order valence-corrected chi connectivity index (χ0v) is 13.6. The minimum atomic E-state index is 0.726. The van der Waals surface area contributed by atoms with E-state index < -0.39 is 0 Å². The van der Waals surface area contributed by atoms with E-state index in [1.807, 2.05) is 23.0 Å². The highest BCUT2D eigenvalue weighted by molar-refractivity contribution is 5.74. The van der Waals surface area contributed by atoms with Crippen molar-refractivity contribution in [1.29, 1.82) is 0 Å². The van der Waals surface area contributed by atoms with Crippen LogP contribution in [0.25, 0.3) is 0 Å². The first kappa shape index (κ1) is 18.0. The second-order valence-corrected chi connectivity index (χ2v) is 5.74. The van der Waals surface area contributed by atoms with Crippen LogP contribution >= 0.6 is 0 Å². The Morgan fingerprint density at radius 3 is 2.29 bits per heavy atom. The molecule has 0 bridgehead atoms. The summed E-state index contributed by atoms with van der Waals surface area (Å²) in [5.74, 6) is 0. The molecule has 0 aliphatic carbocycles. The van der Waals surface area contributed by atoms with Gasteiger partial charge in [-0.3, -0.25) is 4.79 Å². The molecule has 0 aliphatic heterocycles. The van der Waals surface area contributed by atoms with E-state index in [9.17, 15) is 4.79 Å². The molecule has 0 unspecified atom stereocenters. The maximum Gasteiger partial charge on any atom is 0.151 e. The van der Waals surface area contributed by atoms with Crippen molar-refractivity contribution in [3.05, 3.63) is 24.0 Å². The molecular formula is C18H31NO2. The van der Waals surface area contributed by atoms with Crippen molar-refractivity contribution in [2.75, 3.05) is 13.2 Å². The van der Waals surface area contributed by atoms with Gasteiger partial charge in [-0.2, -0.15) is 0 Å². The van der Waals surface area contributed by atoms with Crippen LogP contribution < -0.4 is 0 Å². The highest BCUT2D eigenvalue weighted by Gasteiger charge is 1.96. The average molecular weight is 293 g/mol. The summed E-state index contributed by atoms with van der Waals surface area (Å²) in [6.45, 7) is 4.67. The number of aromatic nitrogens is 1. The van der Waals surface area contributed by atoms with Crippen molar-refractivity contribution in [2.24, 2.45) is 0 Å². The van der Waals surface area contributed by atoms with Crippen LogP contribution in [0.3, 0.4) is 0 Å². The summed E-state index contributed by atoms with van der Waals surface area (Å²) in [5, 5.41) is 0. The maximum atomic E-state index is 10.6. The van der Waals surface area contributed by atoms with Gasteiger partial charge < -0.3 is 9.30 Å². The van der Waals surface area contributed by atoms with Crippen molar-refractivity contribution in [3.8, 4) is 0 Å². The van der Waals surface area contributed by atoms with E-state index in [0.717, 1.165) is 31.6 Å². The van der Waals surface area contributed by atoms with Gasteiger partial charge in [-0.1, -0.05) is 58.3 Å². The second-order valence-electron chi connectivity index (χ2n) is 5.74. The van der Waals surface area contributed by atoms with Gasteiger partial charge in [0.05, 0.1) is 6.61 Å². The third kappa shape index (κ3) is 9.46. The van der Waals surface area contributed by atoms with Gasteiger partial charge >= 0.3 is 0 Å². The number of nitrogens with zero attached hydrogens (tertiary/aromatic N) is 1. The van der Waals surface area contributed by atoms with Crippen LogP contribution in [0.2, 0.25) is 0 Å². The summed E-state index contributed by atoms with van der Waals surface area (Å²) < 4.78 is 7.63. The predicted octanol–water partition coefficient (Wildman–Crippen LogP) is 4.85. The summed E-state index contributed by atoms with van der Waals surface area (Å²) in [7, 11) is 0. The van der Waals surface area contributed by atoms with Gasteiger partial charge in [-0.15, -0.1) is 0 Å². The van der Waals surface area contributed by atoms with Gasteiger partial charge in [-0.05, 0) is 12.5 Å². The Bertz CT molecular complexity index is 360. The normalized spacial score (nSPS) is 10.9. The minimum Gasteiger partial charge on any atom is -0.380 e. The van der Waals surface area contributed by atoms with E-state index in [4.69, 9.17) is 4.74 Å². The molecule has 0 amide bonds. The lowest BCUT2D eigenvalue weighted by atomic mass is 10.1. The Labute approximate surface area is 129 Å². The summed E-state index contributed by atoms with van der Waals surface area (Å²) in [6, 6.07) is 1.83. The van der Waals surface area contributed by atoms with Gasteiger partial charge in [0.2, 0.25) is 0 Å². The minimum absolute atomic E-state index is 0.726. The fourth-order valence-electron chi connectivity index (χ4n) is 2.45. The summed E-state index contributed by atoms with van der Waals surface area (Å²) in [4.78, 5) is 10.6. The maximum absolute atomic E-state index is 10.6. The van der Waals surface area contributed by atoms with Crippen molar-refractivity contribution in [3.63, 3.8) is 0 Å². The number of ether oxygens (including phenoxy) is 1. The van der Waals surface area contributed by atoms with Crippen molar-refractivity contribution in [1.82, 2.24) is 4.57 Å². The number of carbonyl (C=O) groups is 1. The monoisotopic (exact) mass is 293 g/mol. The molecule has 0 spiro atoms. The lowest BCUT2D eigenvalue weighted by Gasteiger charge is -2.05. The lowest BCUT2D eigenvalue weighted by molar-refractivity contribution is 0.112. The summed E-state index contributed by atoms with van der Waals surface area (Å²) in [6.07, 6.45) is 16.8. The molecule has 0 atom stereocenters. The van der Waals surface area contributed by atoms with Gasteiger partial charge in [0, 0.05) is 31.1 Å². The molecule has 0 fully saturated rings. The standard InChI is InChI=1S/C18H31NO2/c1-2-3-4-5-6-7-8-9-10-14-21-15-13-19-12-11-18(16-19)17-20/h11-12,16-17H,2-10,13-15H2,1H3. The number of hydrogen-bond donors (Lipinski definition) is 0. The number of aldehydes is 1. The predicted molar refractivity (Wildman–Crippen MR) is 87.9 cm³/mol. The largest absolute Gasteiger partial charge is 0.380 e. The molecule has 120 valence electrons. The number of unbranched alkanes of at least 4 members (excludes halogenated alkanes) is 8. The lowest BCUT2D eigenvalue weighted by Crippen LogP contribution is -2.05. The first-order chi connectivity index (χ1) is 10.4. The Morgan fingerprint density at radius 2 is 1.67 bits per heavy atom. The van der Waals surface area contributed by atoms with Crippen molar-refractivity contribution < 1.29 is 9.53 Å². The molecular weight excluding hydrogens is 262 g/mol. The van der Waals surface area contributed by atoms with Gasteiger partial charge in [0.25, 0.3) is 0 Å². The van der Waals surface area contributed by atoms with Crippen LogP contribution in [-0.4, -0.2) is 24.1 Å². The molecule has 3 nitrogen and oxygen atoms in total. The van der Waals surface area contributed by atoms with Crippen LogP contribution in [-0.2, 0) is 11.3 Å². The Balaban J connectivity index is 1.81. The molecule has 1 aromatic rings. The van der Waals surface area contributed by atoms with Crippen LogP contribution in [0.15, 0.2) is 18.5 Å². The smallest absolute Gasteiger partial charge is 0.151 e. The van der Waals surface area contributed by atoms with E-state index >= 15 is 0 Å². The Kier molecular flexibility index (Phi) is 10.8. The van der Waals surface area contributed by atoms with Gasteiger partial charge in [-0.25, -0.2) is 0 Å². The highest BCUT2D eigenvalue weighted by Crippen LogP contribution is 2.09. The molecule has 3 heteroatoms. The molecule has 21 heavy (non-hydrogen) atoms. The zero-order chi connectivity index (χ0) is 15.2. The fraction of sp³-hybridized carbons (Fsp3) is 0.722. The zero-order valence-electron chi connectivity index (χ0n) is 13.6. The summed E-state index contributed by atoms with van der Waals surface area (Å²) in [5.41, 5.74) is 0.730. The van der Waals surface area contributed by atoms with Crippen molar-refractivity contribution in [2.45, 2.75) is 71.3 Å².